The zero-order chi connectivity index (χ0) is 11.7. The maximum Gasteiger partial charge on any atom is 0.113 e. The number of hydrogen-bond acceptors (Lipinski definition) is 5. The molecule has 0 radical (unpaired) electrons. The van der Waals surface area contributed by atoms with E-state index >= 15 is 0 Å². The maximum atomic E-state index is 9.77. The summed E-state index contributed by atoms with van der Waals surface area (Å²) >= 11 is 2.08. The lowest BCUT2D eigenvalue weighted by Crippen LogP contribution is -2.32. The second-order valence-corrected chi connectivity index (χ2v) is 4.78. The fourth-order valence-corrected chi connectivity index (χ4v) is 2.05. The molecule has 0 unspecified atom stereocenters. The molecule has 6 heteroatoms. The van der Waals surface area contributed by atoms with E-state index in [-0.39, 0.29) is 6.61 Å². The Labute approximate surface area is 106 Å². The molecule has 4 atom stereocenters. The average Bonchev–Trinajstić information content (AvgIpc) is 2.57. The minimum absolute atomic E-state index is 0.313. The Balaban J connectivity index is 2.19. The fourth-order valence-electron chi connectivity index (χ4n) is 1.73. The molecule has 0 aromatic carbocycles. The summed E-state index contributed by atoms with van der Waals surface area (Å²) in [4.78, 5) is 4.09. The first-order valence-corrected chi connectivity index (χ1v) is 5.95. The minimum atomic E-state index is -1.06. The summed E-state index contributed by atoms with van der Waals surface area (Å²) in [5.74, 6) is 0. The Morgan fingerprint density at radius 2 is 2.06 bits per heavy atom. The van der Waals surface area contributed by atoms with Gasteiger partial charge < -0.3 is 20.1 Å². The van der Waals surface area contributed by atoms with E-state index in [0.29, 0.717) is 5.56 Å². The molecule has 1 aliphatic rings. The number of nitrogens with zero attached hydrogens (tertiary/aromatic N) is 1. The third-order valence-electron chi connectivity index (χ3n) is 2.62. The van der Waals surface area contributed by atoms with Crippen LogP contribution in [-0.4, -0.2) is 45.2 Å². The fraction of sp³-hybridized carbons (Fsp3) is 0.500. The smallest absolute Gasteiger partial charge is 0.113 e. The van der Waals surface area contributed by atoms with E-state index in [2.05, 4.69) is 27.6 Å². The average molecular weight is 337 g/mol. The normalized spacial score (nSPS) is 34.2. The zero-order valence-corrected chi connectivity index (χ0v) is 10.5. The molecule has 1 fully saturated rings. The summed E-state index contributed by atoms with van der Waals surface area (Å²) in [6, 6.07) is 3.58. The lowest BCUT2D eigenvalue weighted by molar-refractivity contribution is -0.0228. The molecule has 2 rings (SSSR count). The van der Waals surface area contributed by atoms with Crippen LogP contribution in [0.1, 0.15) is 11.7 Å². The molecule has 3 N–H and O–H groups in total. The summed E-state index contributed by atoms with van der Waals surface area (Å²) < 4.78 is 6.21. The molecule has 0 amide bonds. The van der Waals surface area contributed by atoms with Gasteiger partial charge in [-0.3, -0.25) is 0 Å². The van der Waals surface area contributed by atoms with Crippen LogP contribution < -0.4 is 0 Å². The molecule has 0 saturated carbocycles. The molecule has 0 bridgehead atoms. The van der Waals surface area contributed by atoms with E-state index in [0.717, 1.165) is 3.70 Å². The van der Waals surface area contributed by atoms with Gasteiger partial charge in [0.2, 0.25) is 0 Å². The van der Waals surface area contributed by atoms with Gasteiger partial charge >= 0.3 is 0 Å². The highest BCUT2D eigenvalue weighted by Gasteiger charge is 2.42. The Morgan fingerprint density at radius 3 is 2.56 bits per heavy atom. The predicted octanol–water partition coefficient (Wildman–Crippen LogP) is -0.160. The van der Waals surface area contributed by atoms with Crippen molar-refractivity contribution in [3.05, 3.63) is 27.6 Å². The van der Waals surface area contributed by atoms with Crippen LogP contribution in [0, 0.1) is 3.70 Å². The van der Waals surface area contributed by atoms with Crippen molar-refractivity contribution in [3.63, 3.8) is 0 Å². The maximum absolute atomic E-state index is 9.77. The number of aliphatic hydroxyl groups is 3. The first-order chi connectivity index (χ1) is 7.63. The SMILES string of the molecule is OC[C@H]1O[C@H](c2ccc(I)nc2)[C@H](O)[C@@H]1O. The quantitative estimate of drug-likeness (QED) is 0.516. The summed E-state index contributed by atoms with van der Waals surface area (Å²) in [5.41, 5.74) is 0.697. The molecule has 1 aromatic rings. The lowest BCUT2D eigenvalue weighted by Gasteiger charge is -2.14. The van der Waals surface area contributed by atoms with Crippen molar-refractivity contribution in [2.75, 3.05) is 6.61 Å². The van der Waals surface area contributed by atoms with Crippen LogP contribution >= 0.6 is 22.6 Å². The van der Waals surface area contributed by atoms with Crippen molar-refractivity contribution in [1.82, 2.24) is 4.98 Å². The van der Waals surface area contributed by atoms with Crippen molar-refractivity contribution in [2.45, 2.75) is 24.4 Å². The molecule has 1 aliphatic heterocycles. The number of aromatic nitrogens is 1. The van der Waals surface area contributed by atoms with Gasteiger partial charge in [0.1, 0.15) is 28.1 Å². The van der Waals surface area contributed by atoms with Gasteiger partial charge in [-0.2, -0.15) is 0 Å². The van der Waals surface area contributed by atoms with E-state index in [1.165, 1.54) is 0 Å². The van der Waals surface area contributed by atoms with Crippen molar-refractivity contribution in [1.29, 1.82) is 0 Å². The van der Waals surface area contributed by atoms with Crippen LogP contribution in [0.2, 0.25) is 0 Å². The number of aliphatic hydroxyl groups excluding tert-OH is 3. The van der Waals surface area contributed by atoms with Crippen LogP contribution in [0.15, 0.2) is 18.3 Å². The number of ether oxygens (including phenoxy) is 1. The first kappa shape index (κ1) is 12.2. The highest BCUT2D eigenvalue weighted by molar-refractivity contribution is 14.1. The Hall–Kier alpha value is -0.280. The third-order valence-corrected chi connectivity index (χ3v) is 3.26. The van der Waals surface area contributed by atoms with Crippen molar-refractivity contribution >= 4 is 22.6 Å². The van der Waals surface area contributed by atoms with Crippen LogP contribution in [0.4, 0.5) is 0 Å². The van der Waals surface area contributed by atoms with Gasteiger partial charge in [-0.15, -0.1) is 0 Å². The summed E-state index contributed by atoms with van der Waals surface area (Å²) in [6.45, 7) is -0.313. The first-order valence-electron chi connectivity index (χ1n) is 4.87. The van der Waals surface area contributed by atoms with Gasteiger partial charge in [-0.1, -0.05) is 6.07 Å². The minimum Gasteiger partial charge on any atom is -0.394 e. The molecule has 0 aliphatic carbocycles. The van der Waals surface area contributed by atoms with Crippen LogP contribution in [0.5, 0.6) is 0 Å². The molecule has 2 heterocycles. The molecular formula is C10H12INO4. The number of rotatable bonds is 2. The summed E-state index contributed by atoms with van der Waals surface area (Å²) in [6.07, 6.45) is -1.86. The van der Waals surface area contributed by atoms with Gasteiger partial charge in [0.25, 0.3) is 0 Å². The number of hydrogen-bond donors (Lipinski definition) is 3. The largest absolute Gasteiger partial charge is 0.394 e. The van der Waals surface area contributed by atoms with E-state index in [4.69, 9.17) is 9.84 Å². The Kier molecular flexibility index (Phi) is 3.75. The molecule has 5 nitrogen and oxygen atoms in total. The van der Waals surface area contributed by atoms with Gasteiger partial charge in [-0.05, 0) is 28.7 Å². The van der Waals surface area contributed by atoms with Gasteiger partial charge in [0, 0.05) is 11.8 Å². The zero-order valence-electron chi connectivity index (χ0n) is 8.32. The molecule has 1 aromatic heterocycles. The number of pyridine rings is 1. The molecule has 1 saturated heterocycles. The highest BCUT2D eigenvalue weighted by Crippen LogP contribution is 2.33. The second-order valence-electron chi connectivity index (χ2n) is 3.67. The van der Waals surface area contributed by atoms with Gasteiger partial charge in [0.15, 0.2) is 0 Å². The van der Waals surface area contributed by atoms with E-state index in [1.54, 1.807) is 18.3 Å². The predicted molar refractivity (Wildman–Crippen MR) is 63.7 cm³/mol. The standard InChI is InChI=1S/C10H12INO4/c11-7-2-1-5(3-12-7)10-9(15)8(14)6(4-13)16-10/h1-3,6,8-10,13-15H,4H2/t6-,8-,9-,10-/m1/s1. The molecule has 88 valence electrons. The topological polar surface area (TPSA) is 82.8 Å². The van der Waals surface area contributed by atoms with Crippen molar-refractivity contribution in [3.8, 4) is 0 Å². The summed E-state index contributed by atoms with van der Waals surface area (Å²) in [7, 11) is 0. The second kappa shape index (κ2) is 4.92. The third kappa shape index (κ3) is 2.21. The Bertz CT molecular complexity index is 358. The molecule has 16 heavy (non-hydrogen) atoms. The van der Waals surface area contributed by atoms with E-state index in [9.17, 15) is 10.2 Å². The van der Waals surface area contributed by atoms with E-state index in [1.807, 2.05) is 0 Å². The summed E-state index contributed by atoms with van der Waals surface area (Å²) in [5, 5.41) is 28.3. The van der Waals surface area contributed by atoms with Crippen LogP contribution in [0.25, 0.3) is 0 Å². The van der Waals surface area contributed by atoms with Crippen LogP contribution in [-0.2, 0) is 4.74 Å². The monoisotopic (exact) mass is 337 g/mol. The van der Waals surface area contributed by atoms with Crippen molar-refractivity contribution < 1.29 is 20.1 Å². The molecular weight excluding hydrogens is 325 g/mol. The number of halogens is 1. The van der Waals surface area contributed by atoms with Crippen LogP contribution in [0.3, 0.4) is 0 Å². The van der Waals surface area contributed by atoms with Gasteiger partial charge in [-0.25, -0.2) is 4.98 Å². The van der Waals surface area contributed by atoms with E-state index < -0.39 is 24.4 Å². The lowest BCUT2D eigenvalue weighted by atomic mass is 10.0. The Morgan fingerprint density at radius 1 is 1.31 bits per heavy atom. The van der Waals surface area contributed by atoms with Crippen molar-refractivity contribution in [2.24, 2.45) is 0 Å². The highest BCUT2D eigenvalue weighted by atomic mass is 127. The van der Waals surface area contributed by atoms with Gasteiger partial charge in [0.05, 0.1) is 6.61 Å². The molecule has 0 spiro atoms.